The zero-order valence-electron chi connectivity index (χ0n) is 15.0. The van der Waals surface area contributed by atoms with Crippen molar-refractivity contribution in [3.05, 3.63) is 24.2 Å². The Morgan fingerprint density at radius 1 is 1.32 bits per heavy atom. The molecule has 7 heteroatoms. The van der Waals surface area contributed by atoms with Gasteiger partial charge in [-0.05, 0) is 69.5 Å². The summed E-state index contributed by atoms with van der Waals surface area (Å²) in [6, 6.07) is 2.73. The molecule has 6 nitrogen and oxygen atoms in total. The summed E-state index contributed by atoms with van der Waals surface area (Å²) in [4.78, 5) is 27.0. The third-order valence-electron chi connectivity index (χ3n) is 4.38. The lowest BCUT2D eigenvalue weighted by atomic mass is 10.1. The molecule has 0 radical (unpaired) electrons. The van der Waals surface area contributed by atoms with E-state index >= 15 is 0 Å². The van der Waals surface area contributed by atoms with Gasteiger partial charge in [0.2, 0.25) is 5.91 Å². The van der Waals surface area contributed by atoms with Gasteiger partial charge in [-0.2, -0.15) is 11.8 Å². The maximum atomic E-state index is 12.4. The van der Waals surface area contributed by atoms with Crippen molar-refractivity contribution in [3.63, 3.8) is 0 Å². The summed E-state index contributed by atoms with van der Waals surface area (Å²) in [5.74, 6) is 0.573. The smallest absolute Gasteiger partial charge is 0.287 e. The Labute approximate surface area is 154 Å². The molecule has 0 aromatic carbocycles. The number of hydrogen-bond donors (Lipinski definition) is 2. The van der Waals surface area contributed by atoms with Crippen molar-refractivity contribution in [1.82, 2.24) is 15.5 Å². The molecule has 2 rings (SSSR count). The summed E-state index contributed by atoms with van der Waals surface area (Å²) in [7, 11) is 0. The molecule has 1 fully saturated rings. The number of likely N-dealkylation sites (tertiary alicyclic amines) is 1. The van der Waals surface area contributed by atoms with Gasteiger partial charge in [-0.1, -0.05) is 6.42 Å². The van der Waals surface area contributed by atoms with Gasteiger partial charge >= 0.3 is 0 Å². The van der Waals surface area contributed by atoms with Crippen LogP contribution in [0.2, 0.25) is 0 Å². The van der Waals surface area contributed by atoms with Gasteiger partial charge in [0, 0.05) is 6.54 Å². The van der Waals surface area contributed by atoms with Crippen LogP contribution in [0.1, 0.15) is 42.7 Å². The molecule has 1 saturated heterocycles. The average molecular weight is 368 g/mol. The second kappa shape index (κ2) is 11.2. The number of carbonyl (C=O) groups is 2. The van der Waals surface area contributed by atoms with Gasteiger partial charge in [0.05, 0.1) is 6.26 Å². The molecule has 0 saturated carbocycles. The van der Waals surface area contributed by atoms with Crippen LogP contribution in [0.4, 0.5) is 0 Å². The van der Waals surface area contributed by atoms with E-state index in [0.717, 1.165) is 18.7 Å². The molecule has 25 heavy (non-hydrogen) atoms. The van der Waals surface area contributed by atoms with Gasteiger partial charge in [0.15, 0.2) is 5.76 Å². The van der Waals surface area contributed by atoms with E-state index in [1.165, 1.54) is 38.6 Å². The summed E-state index contributed by atoms with van der Waals surface area (Å²) in [5.41, 5.74) is 0. The van der Waals surface area contributed by atoms with Gasteiger partial charge in [-0.3, -0.25) is 9.59 Å². The van der Waals surface area contributed by atoms with Crippen LogP contribution in [0, 0.1) is 0 Å². The van der Waals surface area contributed by atoms with E-state index in [-0.39, 0.29) is 17.6 Å². The van der Waals surface area contributed by atoms with Crippen LogP contribution in [0.25, 0.3) is 0 Å². The van der Waals surface area contributed by atoms with Gasteiger partial charge in [0.1, 0.15) is 6.04 Å². The molecule has 1 unspecified atom stereocenters. The highest BCUT2D eigenvalue weighted by Gasteiger charge is 2.22. The Morgan fingerprint density at radius 3 is 2.80 bits per heavy atom. The number of nitrogens with zero attached hydrogens (tertiary/aromatic N) is 1. The molecule has 0 aliphatic carbocycles. The van der Waals surface area contributed by atoms with E-state index in [2.05, 4.69) is 15.5 Å². The largest absolute Gasteiger partial charge is 0.459 e. The third kappa shape index (κ3) is 7.12. The van der Waals surface area contributed by atoms with Crippen molar-refractivity contribution in [2.75, 3.05) is 38.2 Å². The number of piperidine rings is 1. The van der Waals surface area contributed by atoms with E-state index in [4.69, 9.17) is 4.42 Å². The van der Waals surface area contributed by atoms with E-state index < -0.39 is 6.04 Å². The monoisotopic (exact) mass is 367 g/mol. The topological polar surface area (TPSA) is 74.6 Å². The van der Waals surface area contributed by atoms with Crippen LogP contribution < -0.4 is 10.6 Å². The van der Waals surface area contributed by atoms with Crippen molar-refractivity contribution in [2.24, 2.45) is 0 Å². The minimum Gasteiger partial charge on any atom is -0.459 e. The SMILES string of the molecule is CSCCC(NC(=O)c1ccco1)C(=O)NCCCN1CCCCC1. The maximum absolute atomic E-state index is 12.4. The minimum absolute atomic E-state index is 0.118. The van der Waals surface area contributed by atoms with Crippen molar-refractivity contribution in [2.45, 2.75) is 38.1 Å². The summed E-state index contributed by atoms with van der Waals surface area (Å²) < 4.78 is 5.09. The summed E-state index contributed by atoms with van der Waals surface area (Å²) in [6.07, 6.45) is 8.87. The van der Waals surface area contributed by atoms with E-state index in [1.807, 2.05) is 6.26 Å². The first-order valence-electron chi connectivity index (χ1n) is 9.04. The third-order valence-corrected chi connectivity index (χ3v) is 5.02. The normalized spacial score (nSPS) is 16.4. The van der Waals surface area contributed by atoms with Gasteiger partial charge in [-0.25, -0.2) is 0 Å². The van der Waals surface area contributed by atoms with Crippen molar-refractivity contribution >= 4 is 23.6 Å². The fourth-order valence-corrected chi connectivity index (χ4v) is 3.43. The number of hydrogen-bond acceptors (Lipinski definition) is 5. The van der Waals surface area contributed by atoms with E-state index in [9.17, 15) is 9.59 Å². The number of carbonyl (C=O) groups excluding carboxylic acids is 2. The first-order valence-corrected chi connectivity index (χ1v) is 10.4. The second-order valence-electron chi connectivity index (χ2n) is 6.33. The van der Waals surface area contributed by atoms with E-state index in [1.54, 1.807) is 23.9 Å². The molecule has 2 N–H and O–H groups in total. The van der Waals surface area contributed by atoms with Crippen molar-refractivity contribution in [3.8, 4) is 0 Å². The number of furan rings is 1. The highest BCUT2D eigenvalue weighted by Crippen LogP contribution is 2.08. The molecule has 140 valence electrons. The minimum atomic E-state index is -0.528. The molecule has 0 bridgehead atoms. The molecule has 1 atom stereocenters. The van der Waals surface area contributed by atoms with Gasteiger partial charge in [0.25, 0.3) is 5.91 Å². The summed E-state index contributed by atoms with van der Waals surface area (Å²) in [6.45, 7) is 4.00. The fourth-order valence-electron chi connectivity index (χ4n) is 2.96. The number of rotatable bonds is 10. The Hall–Kier alpha value is -1.47. The summed E-state index contributed by atoms with van der Waals surface area (Å²) >= 11 is 1.66. The zero-order chi connectivity index (χ0) is 17.9. The molecular formula is C18H29N3O3S. The highest BCUT2D eigenvalue weighted by molar-refractivity contribution is 7.98. The first kappa shape index (κ1) is 19.8. The van der Waals surface area contributed by atoms with Crippen LogP contribution in [0.5, 0.6) is 0 Å². The summed E-state index contributed by atoms with van der Waals surface area (Å²) in [5, 5.41) is 5.74. The van der Waals surface area contributed by atoms with Crippen LogP contribution in [-0.2, 0) is 4.79 Å². The number of amides is 2. The van der Waals surface area contributed by atoms with E-state index in [0.29, 0.717) is 13.0 Å². The molecule has 1 aliphatic heterocycles. The fraction of sp³-hybridized carbons (Fsp3) is 0.667. The second-order valence-corrected chi connectivity index (χ2v) is 7.32. The van der Waals surface area contributed by atoms with Crippen molar-refractivity contribution in [1.29, 1.82) is 0 Å². The van der Waals surface area contributed by atoms with Crippen molar-refractivity contribution < 1.29 is 14.0 Å². The Kier molecular flexibility index (Phi) is 8.90. The predicted octanol–water partition coefficient (Wildman–Crippen LogP) is 2.12. The van der Waals surface area contributed by atoms with Gasteiger partial charge in [-0.15, -0.1) is 0 Å². The van der Waals surface area contributed by atoms with Crippen LogP contribution in [0.15, 0.2) is 22.8 Å². The Bertz CT molecular complexity index is 516. The lowest BCUT2D eigenvalue weighted by Crippen LogP contribution is -2.47. The molecule has 1 aromatic rings. The zero-order valence-corrected chi connectivity index (χ0v) is 15.8. The quantitative estimate of drug-likeness (QED) is 0.620. The first-order chi connectivity index (χ1) is 12.2. The molecule has 0 spiro atoms. The standard InChI is InChI=1S/C18H29N3O3S/c1-25-14-8-15(20-18(23)16-7-5-13-24-16)17(22)19-9-6-12-21-10-3-2-4-11-21/h5,7,13,15H,2-4,6,8-12,14H2,1H3,(H,19,22)(H,20,23). The molecule has 2 heterocycles. The van der Waals surface area contributed by atoms with Crippen LogP contribution in [-0.4, -0.2) is 60.9 Å². The average Bonchev–Trinajstić information content (AvgIpc) is 3.17. The number of thioether (sulfide) groups is 1. The predicted molar refractivity (Wildman–Crippen MR) is 101 cm³/mol. The molecule has 1 aromatic heterocycles. The Balaban J connectivity index is 1.73. The lowest BCUT2D eigenvalue weighted by Gasteiger charge is -2.26. The molecule has 1 aliphatic rings. The van der Waals surface area contributed by atoms with Gasteiger partial charge < -0.3 is 20.0 Å². The molecular weight excluding hydrogens is 338 g/mol. The highest BCUT2D eigenvalue weighted by atomic mass is 32.2. The Morgan fingerprint density at radius 2 is 2.12 bits per heavy atom. The number of nitrogens with one attached hydrogen (secondary N) is 2. The van der Waals surface area contributed by atoms with Crippen LogP contribution in [0.3, 0.4) is 0 Å². The maximum Gasteiger partial charge on any atom is 0.287 e. The van der Waals surface area contributed by atoms with Crippen LogP contribution >= 0.6 is 11.8 Å². The molecule has 2 amide bonds. The lowest BCUT2D eigenvalue weighted by molar-refractivity contribution is -0.123.